The van der Waals surface area contributed by atoms with Gasteiger partial charge in [-0.1, -0.05) is 6.42 Å². The molecule has 2 aromatic rings. The lowest BCUT2D eigenvalue weighted by atomic mass is 10.1. The molecular formula is C20H22F3N3O4S. The number of ether oxygens (including phenoxy) is 1. The summed E-state index contributed by atoms with van der Waals surface area (Å²) in [5.74, 6) is -0.568. The zero-order valence-electron chi connectivity index (χ0n) is 17.0. The van der Waals surface area contributed by atoms with Crippen molar-refractivity contribution in [1.82, 2.24) is 9.29 Å². The first-order chi connectivity index (χ1) is 14.5. The van der Waals surface area contributed by atoms with E-state index in [9.17, 15) is 26.4 Å². The molecule has 0 aliphatic carbocycles. The zero-order chi connectivity index (χ0) is 22.8. The topological polar surface area (TPSA) is 88.6 Å². The molecule has 1 aliphatic heterocycles. The van der Waals surface area contributed by atoms with Crippen molar-refractivity contribution in [3.05, 3.63) is 47.3 Å². The molecule has 1 N–H and O–H groups in total. The van der Waals surface area contributed by atoms with Gasteiger partial charge in [-0.15, -0.1) is 0 Å². The smallest absolute Gasteiger partial charge is 0.433 e. The van der Waals surface area contributed by atoms with E-state index in [4.69, 9.17) is 4.74 Å². The van der Waals surface area contributed by atoms with E-state index in [0.717, 1.165) is 31.4 Å². The number of nitrogens with zero attached hydrogens (tertiary/aromatic N) is 2. The summed E-state index contributed by atoms with van der Waals surface area (Å²) in [6.07, 6.45) is -2.14. The van der Waals surface area contributed by atoms with Crippen molar-refractivity contribution in [3.63, 3.8) is 0 Å². The Balaban J connectivity index is 1.89. The molecule has 1 aromatic carbocycles. The molecule has 0 atom stereocenters. The summed E-state index contributed by atoms with van der Waals surface area (Å²) in [5, 5.41) is 2.53. The molecule has 1 aliphatic rings. The molecule has 0 unspecified atom stereocenters. The molecule has 11 heteroatoms. The number of aryl methyl sites for hydroxylation is 1. The first-order valence-corrected chi connectivity index (χ1v) is 11.0. The number of rotatable bonds is 5. The second-order valence-corrected chi connectivity index (χ2v) is 9.02. The molecule has 168 valence electrons. The van der Waals surface area contributed by atoms with Gasteiger partial charge in [-0.3, -0.25) is 4.79 Å². The summed E-state index contributed by atoms with van der Waals surface area (Å²) in [7, 11) is -2.49. The molecule has 1 amide bonds. The Labute approximate surface area is 178 Å². The molecule has 1 aromatic heterocycles. The Bertz CT molecular complexity index is 1080. The van der Waals surface area contributed by atoms with Crippen molar-refractivity contribution >= 4 is 21.6 Å². The van der Waals surface area contributed by atoms with Crippen LogP contribution in [-0.4, -0.2) is 43.8 Å². The molecule has 2 heterocycles. The Morgan fingerprint density at radius 3 is 2.39 bits per heavy atom. The maximum atomic E-state index is 13.1. The lowest BCUT2D eigenvalue weighted by Gasteiger charge is -2.26. The van der Waals surface area contributed by atoms with Crippen LogP contribution in [0.2, 0.25) is 0 Å². The maximum Gasteiger partial charge on any atom is 0.433 e. The average Bonchev–Trinajstić information content (AvgIpc) is 2.73. The number of anilines is 1. The number of carbonyl (C=O) groups excluding carboxylic acids is 1. The number of pyridine rings is 1. The van der Waals surface area contributed by atoms with Gasteiger partial charge < -0.3 is 10.1 Å². The van der Waals surface area contributed by atoms with Crippen LogP contribution in [0.3, 0.4) is 0 Å². The standard InChI is InChI=1S/C20H22F3N3O4S/c1-13-15(7-9-18(24-13)20(21,22)23)19(27)25-14-6-8-16(30-2)17(12-14)31(28,29)26-10-4-3-5-11-26/h6-9,12H,3-5,10-11H2,1-2H3,(H,25,27). The van der Waals surface area contributed by atoms with Crippen molar-refractivity contribution in [2.75, 3.05) is 25.5 Å². The average molecular weight is 457 g/mol. The number of amides is 1. The van der Waals surface area contributed by atoms with Gasteiger partial charge in [0.15, 0.2) is 0 Å². The first-order valence-electron chi connectivity index (χ1n) is 9.58. The van der Waals surface area contributed by atoms with Gasteiger partial charge in [-0.2, -0.15) is 17.5 Å². The molecular weight excluding hydrogens is 435 g/mol. The van der Waals surface area contributed by atoms with E-state index >= 15 is 0 Å². The summed E-state index contributed by atoms with van der Waals surface area (Å²) in [6.45, 7) is 2.10. The van der Waals surface area contributed by atoms with Crippen LogP contribution in [-0.2, 0) is 16.2 Å². The number of hydrogen-bond donors (Lipinski definition) is 1. The van der Waals surface area contributed by atoms with E-state index in [0.29, 0.717) is 13.1 Å². The predicted molar refractivity (Wildman–Crippen MR) is 108 cm³/mol. The van der Waals surface area contributed by atoms with Gasteiger partial charge >= 0.3 is 6.18 Å². The van der Waals surface area contributed by atoms with Crippen LogP contribution in [0.1, 0.15) is 41.0 Å². The quantitative estimate of drug-likeness (QED) is 0.737. The minimum atomic E-state index is -4.62. The Hall–Kier alpha value is -2.66. The number of methoxy groups -OCH3 is 1. The fraction of sp³-hybridized carbons (Fsp3) is 0.400. The number of carbonyl (C=O) groups is 1. The van der Waals surface area contributed by atoms with Crippen LogP contribution in [0.15, 0.2) is 35.2 Å². The number of alkyl halides is 3. The Morgan fingerprint density at radius 1 is 1.13 bits per heavy atom. The number of sulfonamides is 1. The van der Waals surface area contributed by atoms with Gasteiger partial charge in [-0.05, 0) is 50.1 Å². The third-order valence-electron chi connectivity index (χ3n) is 4.98. The summed E-state index contributed by atoms with van der Waals surface area (Å²) < 4.78 is 71.1. The van der Waals surface area contributed by atoms with Crippen LogP contribution in [0.5, 0.6) is 5.75 Å². The fourth-order valence-electron chi connectivity index (χ4n) is 3.36. The van der Waals surface area contributed by atoms with Crippen molar-refractivity contribution < 1.29 is 31.1 Å². The molecule has 0 saturated carbocycles. The second kappa shape index (κ2) is 8.83. The minimum Gasteiger partial charge on any atom is -0.495 e. The van der Waals surface area contributed by atoms with Crippen LogP contribution in [0, 0.1) is 6.92 Å². The number of nitrogens with one attached hydrogen (secondary N) is 1. The van der Waals surface area contributed by atoms with Crippen molar-refractivity contribution in [2.45, 2.75) is 37.3 Å². The maximum absolute atomic E-state index is 13.1. The predicted octanol–water partition coefficient (Wildman–Crippen LogP) is 3.84. The van der Waals surface area contributed by atoms with Gasteiger partial charge in [0.25, 0.3) is 5.91 Å². The summed E-state index contributed by atoms with van der Waals surface area (Å²) >= 11 is 0. The van der Waals surface area contributed by atoms with Gasteiger partial charge in [0.05, 0.1) is 18.4 Å². The van der Waals surface area contributed by atoms with Crippen molar-refractivity contribution in [1.29, 1.82) is 0 Å². The number of piperidine rings is 1. The van der Waals surface area contributed by atoms with E-state index in [-0.39, 0.29) is 27.6 Å². The highest BCUT2D eigenvalue weighted by Gasteiger charge is 2.33. The summed E-state index contributed by atoms with van der Waals surface area (Å²) in [5.41, 5.74) is -1.08. The highest BCUT2D eigenvalue weighted by molar-refractivity contribution is 7.89. The number of benzene rings is 1. The third kappa shape index (κ3) is 4.99. The van der Waals surface area contributed by atoms with Crippen LogP contribution >= 0.6 is 0 Å². The highest BCUT2D eigenvalue weighted by Crippen LogP contribution is 2.32. The molecule has 31 heavy (non-hydrogen) atoms. The van der Waals surface area contributed by atoms with Gasteiger partial charge in [-0.25, -0.2) is 13.4 Å². The fourth-order valence-corrected chi connectivity index (χ4v) is 5.06. The van der Waals surface area contributed by atoms with Gasteiger partial charge in [0, 0.05) is 18.8 Å². The van der Waals surface area contributed by atoms with Crippen LogP contribution < -0.4 is 10.1 Å². The lowest BCUT2D eigenvalue weighted by molar-refractivity contribution is -0.141. The summed E-state index contributed by atoms with van der Waals surface area (Å²) in [4.78, 5) is 15.9. The Kier molecular flexibility index (Phi) is 6.56. The number of aromatic nitrogens is 1. The number of halogens is 3. The SMILES string of the molecule is COc1ccc(NC(=O)c2ccc(C(F)(F)F)nc2C)cc1S(=O)(=O)N1CCCCC1. The van der Waals surface area contributed by atoms with Gasteiger partial charge in [0.2, 0.25) is 10.0 Å². The molecule has 0 radical (unpaired) electrons. The van der Waals surface area contributed by atoms with Crippen molar-refractivity contribution in [2.24, 2.45) is 0 Å². The van der Waals surface area contributed by atoms with Crippen LogP contribution in [0.4, 0.5) is 18.9 Å². The molecule has 0 spiro atoms. The summed E-state index contributed by atoms with van der Waals surface area (Å²) in [6, 6.07) is 5.92. The normalized spacial score (nSPS) is 15.5. The zero-order valence-corrected chi connectivity index (χ0v) is 17.8. The second-order valence-electron chi connectivity index (χ2n) is 7.11. The third-order valence-corrected chi connectivity index (χ3v) is 6.90. The van der Waals surface area contributed by atoms with Crippen LogP contribution in [0.25, 0.3) is 0 Å². The minimum absolute atomic E-state index is 0.0516. The van der Waals surface area contributed by atoms with E-state index in [1.54, 1.807) is 0 Å². The monoisotopic (exact) mass is 457 g/mol. The molecule has 1 saturated heterocycles. The highest BCUT2D eigenvalue weighted by atomic mass is 32.2. The van der Waals surface area contributed by atoms with Gasteiger partial charge in [0.1, 0.15) is 16.3 Å². The van der Waals surface area contributed by atoms with E-state index in [1.807, 2.05) is 0 Å². The molecule has 3 rings (SSSR count). The Morgan fingerprint density at radius 2 is 1.81 bits per heavy atom. The van der Waals surface area contributed by atoms with E-state index < -0.39 is 27.8 Å². The number of hydrogen-bond acceptors (Lipinski definition) is 5. The largest absolute Gasteiger partial charge is 0.495 e. The van der Waals surface area contributed by atoms with E-state index in [2.05, 4.69) is 10.3 Å². The molecule has 7 nitrogen and oxygen atoms in total. The van der Waals surface area contributed by atoms with Crippen molar-refractivity contribution in [3.8, 4) is 5.75 Å². The van der Waals surface area contributed by atoms with E-state index in [1.165, 1.54) is 36.5 Å². The lowest BCUT2D eigenvalue weighted by Crippen LogP contribution is -2.35. The first kappa shape index (κ1) is 23.0. The molecule has 1 fully saturated rings. The molecule has 0 bridgehead atoms.